The fourth-order valence-electron chi connectivity index (χ4n) is 4.57. The summed E-state index contributed by atoms with van der Waals surface area (Å²) in [6.45, 7) is 8.14. The van der Waals surface area contributed by atoms with Crippen LogP contribution in [0.5, 0.6) is 0 Å². The Morgan fingerprint density at radius 1 is 1.09 bits per heavy atom. The lowest BCUT2D eigenvalue weighted by atomic mass is 9.49. The number of pyridine rings is 1. The van der Waals surface area contributed by atoms with Gasteiger partial charge < -0.3 is 0 Å². The smallest absolute Gasteiger partial charge is 0.194 e. The van der Waals surface area contributed by atoms with Crippen molar-refractivity contribution in [2.24, 2.45) is 17.3 Å². The molecule has 2 bridgehead atoms. The van der Waals surface area contributed by atoms with Gasteiger partial charge >= 0.3 is 0 Å². The van der Waals surface area contributed by atoms with Crippen molar-refractivity contribution >= 4 is 0 Å². The first kappa shape index (κ1) is 14.7. The van der Waals surface area contributed by atoms with Gasteiger partial charge in [-0.15, -0.1) is 0 Å². The van der Waals surface area contributed by atoms with E-state index in [9.17, 15) is 0 Å². The summed E-state index contributed by atoms with van der Waals surface area (Å²) in [6.07, 6.45) is 7.42. The van der Waals surface area contributed by atoms with Crippen LogP contribution in [0.15, 0.2) is 60.3 Å². The summed E-state index contributed by atoms with van der Waals surface area (Å²) in [5.41, 5.74) is 6.15. The van der Waals surface area contributed by atoms with Gasteiger partial charge in [0.15, 0.2) is 12.7 Å². The number of nitrogens with zero attached hydrogens (tertiary/aromatic N) is 1. The maximum atomic E-state index is 2.52. The molecule has 1 heterocycles. The van der Waals surface area contributed by atoms with Crippen LogP contribution in [-0.2, 0) is 6.54 Å². The van der Waals surface area contributed by atoms with Crippen LogP contribution in [-0.4, -0.2) is 0 Å². The number of allylic oxidation sites excluding steroid dienone is 2. The lowest BCUT2D eigenvalue weighted by molar-refractivity contribution is -0.679. The van der Waals surface area contributed by atoms with Gasteiger partial charge in [0.25, 0.3) is 0 Å². The van der Waals surface area contributed by atoms with Crippen LogP contribution in [0.25, 0.3) is 11.3 Å². The van der Waals surface area contributed by atoms with Crippen molar-refractivity contribution in [2.45, 2.75) is 40.2 Å². The van der Waals surface area contributed by atoms with Crippen LogP contribution in [0.1, 0.15) is 32.3 Å². The molecule has 2 unspecified atom stereocenters. The maximum Gasteiger partial charge on any atom is 0.213 e. The molecule has 1 fully saturated rings. The SMILES string of the molecule is Cc1ccccc1-c1cccc[n+]1CC1=CCC2CC1C2(C)C. The van der Waals surface area contributed by atoms with Gasteiger partial charge in [0, 0.05) is 17.7 Å². The first-order chi connectivity index (χ1) is 11.1. The fourth-order valence-corrected chi connectivity index (χ4v) is 4.57. The maximum absolute atomic E-state index is 2.52. The molecular formula is C22H26N+. The molecule has 0 saturated heterocycles. The Morgan fingerprint density at radius 3 is 2.61 bits per heavy atom. The molecule has 1 aromatic heterocycles. The van der Waals surface area contributed by atoms with Crippen LogP contribution >= 0.6 is 0 Å². The van der Waals surface area contributed by atoms with Crippen molar-refractivity contribution in [2.75, 3.05) is 0 Å². The van der Waals surface area contributed by atoms with Crippen molar-refractivity contribution in [3.05, 3.63) is 65.9 Å². The van der Waals surface area contributed by atoms with Gasteiger partial charge in [-0.3, -0.25) is 0 Å². The highest BCUT2D eigenvalue weighted by Gasteiger charge is 2.51. The zero-order valence-corrected chi connectivity index (χ0v) is 14.4. The lowest BCUT2D eigenvalue weighted by Gasteiger charge is -2.55. The van der Waals surface area contributed by atoms with Crippen molar-refractivity contribution in [3.63, 3.8) is 0 Å². The molecule has 0 aliphatic heterocycles. The monoisotopic (exact) mass is 304 g/mol. The average Bonchev–Trinajstić information content (AvgIpc) is 2.56. The molecule has 0 amide bonds. The second-order valence-electron chi connectivity index (χ2n) is 7.85. The second kappa shape index (κ2) is 5.33. The lowest BCUT2D eigenvalue weighted by Crippen LogP contribution is -2.51. The molecule has 1 saturated carbocycles. The number of hydrogen-bond donors (Lipinski definition) is 0. The van der Waals surface area contributed by atoms with Crippen LogP contribution < -0.4 is 4.57 Å². The van der Waals surface area contributed by atoms with Crippen LogP contribution in [0, 0.1) is 24.2 Å². The predicted molar refractivity (Wildman–Crippen MR) is 94.9 cm³/mol. The Labute approximate surface area is 139 Å². The predicted octanol–water partition coefficient (Wildman–Crippen LogP) is 4.94. The summed E-state index contributed by atoms with van der Waals surface area (Å²) in [6, 6.07) is 15.2. The number of aromatic nitrogens is 1. The molecule has 1 aromatic carbocycles. The molecule has 23 heavy (non-hydrogen) atoms. The van der Waals surface area contributed by atoms with Gasteiger partial charge in [0.05, 0.1) is 0 Å². The van der Waals surface area contributed by atoms with E-state index in [1.165, 1.54) is 29.7 Å². The molecule has 3 aliphatic carbocycles. The molecule has 1 heteroatoms. The topological polar surface area (TPSA) is 3.88 Å². The summed E-state index contributed by atoms with van der Waals surface area (Å²) < 4.78 is 2.43. The van der Waals surface area contributed by atoms with E-state index in [1.54, 1.807) is 5.57 Å². The molecule has 5 rings (SSSR count). The average molecular weight is 304 g/mol. The molecule has 2 aromatic rings. The number of fused-ring (bicyclic) bond motifs is 1. The quantitative estimate of drug-likeness (QED) is 0.558. The first-order valence-electron chi connectivity index (χ1n) is 8.81. The molecular weight excluding hydrogens is 278 g/mol. The summed E-state index contributed by atoms with van der Waals surface area (Å²) in [5.74, 6) is 1.69. The summed E-state index contributed by atoms with van der Waals surface area (Å²) in [5, 5.41) is 0. The number of aryl methyl sites for hydroxylation is 1. The third-order valence-corrected chi connectivity index (χ3v) is 6.30. The number of rotatable bonds is 3. The highest BCUT2D eigenvalue weighted by atomic mass is 15.0. The van der Waals surface area contributed by atoms with E-state index >= 15 is 0 Å². The summed E-state index contributed by atoms with van der Waals surface area (Å²) in [4.78, 5) is 0. The van der Waals surface area contributed by atoms with E-state index in [2.05, 4.69) is 80.1 Å². The van der Waals surface area contributed by atoms with Gasteiger partial charge in [0.2, 0.25) is 5.69 Å². The van der Waals surface area contributed by atoms with Gasteiger partial charge in [-0.2, -0.15) is 4.57 Å². The Balaban J connectivity index is 1.69. The summed E-state index contributed by atoms with van der Waals surface area (Å²) in [7, 11) is 0. The third-order valence-electron chi connectivity index (χ3n) is 6.30. The Bertz CT molecular complexity index is 769. The fraction of sp³-hybridized carbons (Fsp3) is 0.409. The normalized spacial score (nSPS) is 24.7. The molecule has 118 valence electrons. The van der Waals surface area contributed by atoms with Gasteiger partial charge in [-0.05, 0) is 60.3 Å². The zero-order chi connectivity index (χ0) is 16.0. The molecule has 0 spiro atoms. The van der Waals surface area contributed by atoms with E-state index < -0.39 is 0 Å². The Morgan fingerprint density at radius 2 is 1.87 bits per heavy atom. The molecule has 0 radical (unpaired) electrons. The second-order valence-corrected chi connectivity index (χ2v) is 7.85. The zero-order valence-electron chi connectivity index (χ0n) is 14.4. The van der Waals surface area contributed by atoms with Crippen LogP contribution in [0.2, 0.25) is 0 Å². The van der Waals surface area contributed by atoms with E-state index in [4.69, 9.17) is 0 Å². The highest BCUT2D eigenvalue weighted by Crippen LogP contribution is 2.59. The summed E-state index contributed by atoms with van der Waals surface area (Å²) >= 11 is 0. The van der Waals surface area contributed by atoms with Gasteiger partial charge in [0.1, 0.15) is 0 Å². The highest BCUT2D eigenvalue weighted by molar-refractivity contribution is 5.60. The largest absolute Gasteiger partial charge is 0.213 e. The van der Waals surface area contributed by atoms with Crippen molar-refractivity contribution in [3.8, 4) is 11.3 Å². The Hall–Kier alpha value is -1.89. The first-order valence-corrected chi connectivity index (χ1v) is 8.81. The van der Waals surface area contributed by atoms with Crippen LogP contribution in [0.4, 0.5) is 0 Å². The minimum Gasteiger partial charge on any atom is -0.194 e. The van der Waals surface area contributed by atoms with E-state index in [1.807, 2.05) is 0 Å². The van der Waals surface area contributed by atoms with Crippen molar-refractivity contribution in [1.82, 2.24) is 0 Å². The van der Waals surface area contributed by atoms with Crippen molar-refractivity contribution < 1.29 is 4.57 Å². The minimum atomic E-state index is 0.502. The molecule has 3 aliphatic rings. The van der Waals surface area contributed by atoms with E-state index in [-0.39, 0.29) is 0 Å². The van der Waals surface area contributed by atoms with Gasteiger partial charge in [-0.1, -0.05) is 38.1 Å². The standard InChI is InChI=1S/C22H26N/c1-16-8-4-5-9-19(16)21-10-6-7-13-23(21)15-17-11-12-18-14-20(17)22(18,2)3/h4-11,13,18,20H,12,14-15H2,1-3H3/q+1. The van der Waals surface area contributed by atoms with E-state index in [0.29, 0.717) is 5.41 Å². The number of hydrogen-bond acceptors (Lipinski definition) is 0. The molecule has 2 atom stereocenters. The van der Waals surface area contributed by atoms with Crippen molar-refractivity contribution in [1.29, 1.82) is 0 Å². The third kappa shape index (κ3) is 2.34. The van der Waals surface area contributed by atoms with Crippen LogP contribution in [0.3, 0.4) is 0 Å². The molecule has 0 N–H and O–H groups in total. The number of benzene rings is 1. The molecule has 1 nitrogen and oxygen atoms in total. The minimum absolute atomic E-state index is 0.502. The van der Waals surface area contributed by atoms with E-state index in [0.717, 1.165) is 18.4 Å². The van der Waals surface area contributed by atoms with Gasteiger partial charge in [-0.25, -0.2) is 0 Å². The Kier molecular flexibility index (Phi) is 3.41.